The number of hydrogen-bond donors (Lipinski definition) is 1. The second kappa shape index (κ2) is 3.58. The lowest BCUT2D eigenvalue weighted by atomic mass is 9.92. The van der Waals surface area contributed by atoms with Crippen LogP contribution in [0.4, 0.5) is 0 Å². The normalized spacial score (nSPS) is 20.8. The molecule has 0 aliphatic heterocycles. The minimum absolute atomic E-state index is 0.327. The summed E-state index contributed by atoms with van der Waals surface area (Å²) in [5.74, 6) is 0. The first-order valence-electron chi connectivity index (χ1n) is 5.22. The first kappa shape index (κ1) is 11.0. The summed E-state index contributed by atoms with van der Waals surface area (Å²) in [7, 11) is 2.10. The van der Waals surface area contributed by atoms with Gasteiger partial charge in [-0.15, -0.1) is 0 Å². The summed E-state index contributed by atoms with van der Waals surface area (Å²) in [5.41, 5.74) is 0.0765. The van der Waals surface area contributed by atoms with Crippen molar-refractivity contribution in [2.24, 2.45) is 5.41 Å². The van der Waals surface area contributed by atoms with Crippen molar-refractivity contribution in [3.63, 3.8) is 0 Å². The van der Waals surface area contributed by atoms with Crippen LogP contribution in [0.1, 0.15) is 40.0 Å². The maximum Gasteiger partial charge on any atom is 0.0776 e. The standard InChI is InChI=1S/C11H23NO/c1-10(2,3)7-8-12(4)9-11(13)5-6-11/h13H,5-9H2,1-4H3. The van der Waals surface area contributed by atoms with Crippen LogP contribution >= 0.6 is 0 Å². The molecular formula is C11H23NO. The lowest BCUT2D eigenvalue weighted by Gasteiger charge is -2.25. The third kappa shape index (κ3) is 4.63. The van der Waals surface area contributed by atoms with E-state index >= 15 is 0 Å². The molecule has 0 bridgehead atoms. The molecule has 78 valence electrons. The van der Waals surface area contributed by atoms with Crippen LogP contribution in [0.15, 0.2) is 0 Å². The summed E-state index contributed by atoms with van der Waals surface area (Å²) < 4.78 is 0. The number of nitrogens with zero attached hydrogens (tertiary/aromatic N) is 1. The highest BCUT2D eigenvalue weighted by molar-refractivity contribution is 4.95. The van der Waals surface area contributed by atoms with E-state index in [1.165, 1.54) is 6.42 Å². The van der Waals surface area contributed by atoms with E-state index in [4.69, 9.17) is 0 Å². The predicted octanol–water partition coefficient (Wildman–Crippen LogP) is 1.88. The molecule has 0 atom stereocenters. The fourth-order valence-corrected chi connectivity index (χ4v) is 1.41. The molecule has 2 nitrogen and oxygen atoms in total. The molecule has 0 amide bonds. The molecule has 0 radical (unpaired) electrons. The smallest absolute Gasteiger partial charge is 0.0776 e. The highest BCUT2D eigenvalue weighted by atomic mass is 16.3. The second-order valence-electron chi connectivity index (χ2n) is 5.77. The van der Waals surface area contributed by atoms with Gasteiger partial charge in [0.1, 0.15) is 0 Å². The first-order valence-corrected chi connectivity index (χ1v) is 5.22. The third-order valence-corrected chi connectivity index (χ3v) is 2.63. The van der Waals surface area contributed by atoms with Gasteiger partial charge in [-0.3, -0.25) is 0 Å². The van der Waals surface area contributed by atoms with Crippen LogP contribution in [0.5, 0.6) is 0 Å². The van der Waals surface area contributed by atoms with Gasteiger partial charge in [-0.05, 0) is 38.3 Å². The van der Waals surface area contributed by atoms with Gasteiger partial charge >= 0.3 is 0 Å². The van der Waals surface area contributed by atoms with Crippen molar-refractivity contribution < 1.29 is 5.11 Å². The van der Waals surface area contributed by atoms with Gasteiger partial charge in [0.2, 0.25) is 0 Å². The minimum atomic E-state index is -0.327. The van der Waals surface area contributed by atoms with Crippen LogP contribution in [-0.4, -0.2) is 35.7 Å². The Labute approximate surface area is 81.9 Å². The molecule has 0 spiro atoms. The largest absolute Gasteiger partial charge is 0.389 e. The molecule has 0 aromatic heterocycles. The lowest BCUT2D eigenvalue weighted by Crippen LogP contribution is -2.32. The SMILES string of the molecule is CN(CCC(C)(C)C)CC1(O)CC1. The van der Waals surface area contributed by atoms with Crippen LogP contribution in [-0.2, 0) is 0 Å². The maximum atomic E-state index is 9.69. The van der Waals surface area contributed by atoms with E-state index in [1.807, 2.05) is 0 Å². The Kier molecular flexibility index (Phi) is 3.03. The first-order chi connectivity index (χ1) is 5.81. The van der Waals surface area contributed by atoms with E-state index in [9.17, 15) is 5.11 Å². The highest BCUT2D eigenvalue weighted by Crippen LogP contribution is 2.35. The summed E-state index contributed by atoms with van der Waals surface area (Å²) in [6, 6.07) is 0. The molecular weight excluding hydrogens is 162 g/mol. The zero-order chi connectivity index (χ0) is 10.1. The van der Waals surface area contributed by atoms with Crippen LogP contribution < -0.4 is 0 Å². The van der Waals surface area contributed by atoms with E-state index in [1.54, 1.807) is 0 Å². The Hall–Kier alpha value is -0.0800. The molecule has 0 aromatic carbocycles. The van der Waals surface area contributed by atoms with Crippen molar-refractivity contribution in [1.82, 2.24) is 4.90 Å². The number of rotatable bonds is 4. The zero-order valence-corrected chi connectivity index (χ0v) is 9.43. The Balaban J connectivity index is 2.14. The van der Waals surface area contributed by atoms with Crippen molar-refractivity contribution in [3.05, 3.63) is 0 Å². The van der Waals surface area contributed by atoms with Gasteiger partial charge in [-0.1, -0.05) is 20.8 Å². The fourth-order valence-electron chi connectivity index (χ4n) is 1.41. The topological polar surface area (TPSA) is 23.5 Å². The van der Waals surface area contributed by atoms with Gasteiger partial charge in [-0.2, -0.15) is 0 Å². The molecule has 0 heterocycles. The van der Waals surface area contributed by atoms with Gasteiger partial charge < -0.3 is 10.0 Å². The maximum absolute atomic E-state index is 9.69. The van der Waals surface area contributed by atoms with Crippen LogP contribution in [0, 0.1) is 5.41 Å². The number of aliphatic hydroxyl groups is 1. The predicted molar refractivity (Wildman–Crippen MR) is 55.8 cm³/mol. The molecule has 1 aliphatic rings. The molecule has 1 rings (SSSR count). The second-order valence-corrected chi connectivity index (χ2v) is 5.77. The van der Waals surface area contributed by atoms with Crippen molar-refractivity contribution in [2.75, 3.05) is 20.1 Å². The quantitative estimate of drug-likeness (QED) is 0.723. The summed E-state index contributed by atoms with van der Waals surface area (Å²) in [5, 5.41) is 9.69. The minimum Gasteiger partial charge on any atom is -0.389 e. The van der Waals surface area contributed by atoms with Crippen LogP contribution in [0.2, 0.25) is 0 Å². The zero-order valence-electron chi connectivity index (χ0n) is 9.43. The van der Waals surface area contributed by atoms with E-state index in [2.05, 4.69) is 32.7 Å². The Morgan fingerprint density at radius 1 is 1.31 bits per heavy atom. The fraction of sp³-hybridized carbons (Fsp3) is 1.00. The van der Waals surface area contributed by atoms with Gasteiger partial charge in [0.25, 0.3) is 0 Å². The number of hydrogen-bond acceptors (Lipinski definition) is 2. The third-order valence-electron chi connectivity index (χ3n) is 2.63. The Morgan fingerprint density at radius 3 is 2.23 bits per heavy atom. The van der Waals surface area contributed by atoms with Crippen molar-refractivity contribution in [2.45, 2.75) is 45.6 Å². The summed E-state index contributed by atoms with van der Waals surface area (Å²) in [4.78, 5) is 2.25. The molecule has 0 unspecified atom stereocenters. The van der Waals surface area contributed by atoms with Gasteiger partial charge in [0, 0.05) is 6.54 Å². The van der Waals surface area contributed by atoms with E-state index in [0.29, 0.717) is 5.41 Å². The highest BCUT2D eigenvalue weighted by Gasteiger charge is 2.40. The van der Waals surface area contributed by atoms with Gasteiger partial charge in [0.15, 0.2) is 0 Å². The molecule has 0 saturated heterocycles. The van der Waals surface area contributed by atoms with Gasteiger partial charge in [-0.25, -0.2) is 0 Å². The molecule has 1 saturated carbocycles. The van der Waals surface area contributed by atoms with Crippen LogP contribution in [0.25, 0.3) is 0 Å². The number of likely N-dealkylation sites (N-methyl/N-ethyl adjacent to an activating group) is 1. The molecule has 1 N–H and O–H groups in total. The molecule has 1 aliphatic carbocycles. The summed E-state index contributed by atoms with van der Waals surface area (Å²) >= 11 is 0. The lowest BCUT2D eigenvalue weighted by molar-refractivity contribution is 0.0985. The van der Waals surface area contributed by atoms with E-state index in [-0.39, 0.29) is 5.60 Å². The molecule has 2 heteroatoms. The van der Waals surface area contributed by atoms with E-state index in [0.717, 1.165) is 25.9 Å². The molecule has 13 heavy (non-hydrogen) atoms. The Morgan fingerprint density at radius 2 is 1.85 bits per heavy atom. The summed E-state index contributed by atoms with van der Waals surface area (Å²) in [6.07, 6.45) is 3.18. The average molecular weight is 185 g/mol. The van der Waals surface area contributed by atoms with Gasteiger partial charge in [0.05, 0.1) is 5.60 Å². The van der Waals surface area contributed by atoms with Crippen molar-refractivity contribution >= 4 is 0 Å². The molecule has 1 fully saturated rings. The molecule has 0 aromatic rings. The summed E-state index contributed by atoms with van der Waals surface area (Å²) in [6.45, 7) is 8.71. The van der Waals surface area contributed by atoms with Crippen LogP contribution in [0.3, 0.4) is 0 Å². The van der Waals surface area contributed by atoms with E-state index < -0.39 is 0 Å². The van der Waals surface area contributed by atoms with Crippen molar-refractivity contribution in [3.8, 4) is 0 Å². The monoisotopic (exact) mass is 185 g/mol. The average Bonchev–Trinajstić information content (AvgIpc) is 2.62. The Bertz CT molecular complexity index is 167. The van der Waals surface area contributed by atoms with Crippen molar-refractivity contribution in [1.29, 1.82) is 0 Å².